The van der Waals surface area contributed by atoms with Crippen molar-refractivity contribution in [1.29, 1.82) is 0 Å². The van der Waals surface area contributed by atoms with E-state index in [1.165, 1.54) is 12.5 Å². The Morgan fingerprint density at radius 1 is 0.925 bits per heavy atom. The maximum Gasteiger partial charge on any atom is 0.272 e. The van der Waals surface area contributed by atoms with Crippen molar-refractivity contribution in [2.75, 3.05) is 11.9 Å². The third kappa shape index (κ3) is 4.97. The van der Waals surface area contributed by atoms with Crippen molar-refractivity contribution >= 4 is 34.4 Å². The predicted molar refractivity (Wildman–Crippen MR) is 148 cm³/mol. The van der Waals surface area contributed by atoms with E-state index in [2.05, 4.69) is 30.9 Å². The lowest BCUT2D eigenvalue weighted by Gasteiger charge is -2.19. The molecule has 1 aliphatic heterocycles. The summed E-state index contributed by atoms with van der Waals surface area (Å²) in [5.74, 6) is -0.438. The van der Waals surface area contributed by atoms with Crippen LogP contribution in [0.3, 0.4) is 0 Å². The maximum absolute atomic E-state index is 13.5. The molecule has 0 unspecified atom stereocenters. The summed E-state index contributed by atoms with van der Waals surface area (Å²) in [7, 11) is 0. The highest BCUT2D eigenvalue weighted by Gasteiger charge is 2.23. The molecule has 3 heterocycles. The minimum Gasteiger partial charge on any atom is -0.482 e. The van der Waals surface area contributed by atoms with Gasteiger partial charge in [0.15, 0.2) is 12.3 Å². The van der Waals surface area contributed by atoms with Gasteiger partial charge in [-0.05, 0) is 28.8 Å². The number of hydrogen-bond donors (Lipinski definition) is 4. The zero-order valence-corrected chi connectivity index (χ0v) is 21.2. The number of nitrogens with one attached hydrogen (secondary N) is 4. The number of benzene rings is 3. The summed E-state index contributed by atoms with van der Waals surface area (Å²) in [5.41, 5.74) is 4.29. The molecule has 3 aromatic carbocycles. The Morgan fingerprint density at radius 2 is 1.65 bits per heavy atom. The number of fused-ring (bicyclic) bond motifs is 2. The Labute approximate surface area is 228 Å². The zero-order valence-electron chi connectivity index (χ0n) is 21.2. The first-order valence-electron chi connectivity index (χ1n) is 12.6. The van der Waals surface area contributed by atoms with E-state index in [9.17, 15) is 14.4 Å². The summed E-state index contributed by atoms with van der Waals surface area (Å²) >= 11 is 0. The van der Waals surface area contributed by atoms with E-state index in [0.29, 0.717) is 28.0 Å². The summed E-state index contributed by atoms with van der Waals surface area (Å²) in [6, 6.07) is 24.3. The van der Waals surface area contributed by atoms with Gasteiger partial charge in [0.25, 0.3) is 17.7 Å². The van der Waals surface area contributed by atoms with Gasteiger partial charge in [0.2, 0.25) is 0 Å². The van der Waals surface area contributed by atoms with Gasteiger partial charge >= 0.3 is 0 Å². The number of anilines is 1. The van der Waals surface area contributed by atoms with E-state index in [1.54, 1.807) is 18.2 Å². The Bertz CT molecular complexity index is 1680. The molecule has 6 rings (SSSR count). The summed E-state index contributed by atoms with van der Waals surface area (Å²) in [4.78, 5) is 49.6. The highest BCUT2D eigenvalue weighted by molar-refractivity contribution is 6.10. The summed E-state index contributed by atoms with van der Waals surface area (Å²) in [5, 5.41) is 8.69. The summed E-state index contributed by atoms with van der Waals surface area (Å²) in [6.45, 7) is 0.166. The molecule has 0 spiro atoms. The second-order valence-electron chi connectivity index (χ2n) is 9.23. The first-order valence-corrected chi connectivity index (χ1v) is 12.6. The number of aromatic amines is 1. The second-order valence-corrected chi connectivity index (χ2v) is 9.23. The quantitative estimate of drug-likeness (QED) is 0.252. The highest BCUT2D eigenvalue weighted by atomic mass is 16.5. The van der Waals surface area contributed by atoms with Crippen molar-refractivity contribution in [3.8, 4) is 5.75 Å². The number of rotatable bonds is 7. The van der Waals surface area contributed by atoms with Crippen molar-refractivity contribution in [3.63, 3.8) is 0 Å². The Hall–Kier alpha value is -5.51. The number of nitrogens with zero attached hydrogens (tertiary/aromatic N) is 2. The average molecular weight is 533 g/mol. The number of hydrogen-bond acceptors (Lipinski definition) is 6. The van der Waals surface area contributed by atoms with E-state index >= 15 is 0 Å². The first-order chi connectivity index (χ1) is 19.6. The molecule has 0 bridgehead atoms. The lowest BCUT2D eigenvalue weighted by molar-refractivity contribution is -0.118. The number of carbonyl (C=O) groups is 3. The standard InChI is InChI=1S/C30H24N6O4/c37-24-16-40-23-12-11-18(13-22(23)35-24)14-32-30(39)28-27-26(33-17-34-28)21(15-31-27)29(38)36-25(19-7-3-1-4-8-19)20-9-5-2-6-10-20/h1-13,15,17,25,31H,14,16H2,(H,32,39)(H,35,37)(H,36,38). The van der Waals surface area contributed by atoms with Crippen LogP contribution in [0.15, 0.2) is 91.4 Å². The molecule has 0 saturated heterocycles. The van der Waals surface area contributed by atoms with Crippen LogP contribution in [-0.4, -0.2) is 39.3 Å². The Balaban J connectivity index is 1.21. The predicted octanol–water partition coefficient (Wildman–Crippen LogP) is 3.74. The van der Waals surface area contributed by atoms with Crippen LogP contribution >= 0.6 is 0 Å². The number of aromatic nitrogens is 3. The first kappa shape index (κ1) is 24.8. The fourth-order valence-corrected chi connectivity index (χ4v) is 4.65. The number of ether oxygens (including phenoxy) is 1. The SMILES string of the molecule is O=C1COc2ccc(CNC(=O)c3ncnc4c(C(=O)NC(c5ccccc5)c5ccccc5)c[nH]c34)cc2N1. The second kappa shape index (κ2) is 10.7. The van der Waals surface area contributed by atoms with E-state index < -0.39 is 5.91 Å². The molecule has 10 nitrogen and oxygen atoms in total. The third-order valence-electron chi connectivity index (χ3n) is 6.59. The van der Waals surface area contributed by atoms with Crippen LogP contribution in [0.2, 0.25) is 0 Å². The van der Waals surface area contributed by atoms with Crippen LogP contribution in [0.5, 0.6) is 5.75 Å². The van der Waals surface area contributed by atoms with Crippen molar-refractivity contribution in [3.05, 3.63) is 119 Å². The molecule has 0 fully saturated rings. The van der Waals surface area contributed by atoms with Crippen LogP contribution < -0.4 is 20.7 Å². The molecule has 2 aromatic heterocycles. The van der Waals surface area contributed by atoms with Gasteiger partial charge in [0, 0.05) is 12.7 Å². The van der Waals surface area contributed by atoms with Gasteiger partial charge in [-0.25, -0.2) is 9.97 Å². The molecule has 3 amide bonds. The molecule has 0 aliphatic carbocycles. The molecule has 5 aromatic rings. The minimum atomic E-state index is -0.439. The van der Waals surface area contributed by atoms with E-state index in [4.69, 9.17) is 4.74 Å². The summed E-state index contributed by atoms with van der Waals surface area (Å²) in [6.07, 6.45) is 2.80. The number of H-pyrrole nitrogens is 1. The summed E-state index contributed by atoms with van der Waals surface area (Å²) < 4.78 is 5.38. The van der Waals surface area contributed by atoms with Crippen LogP contribution in [0.25, 0.3) is 11.0 Å². The van der Waals surface area contributed by atoms with E-state index in [1.807, 2.05) is 60.7 Å². The van der Waals surface area contributed by atoms with Crippen LogP contribution in [0.4, 0.5) is 5.69 Å². The van der Waals surface area contributed by atoms with E-state index in [0.717, 1.165) is 16.7 Å². The lowest BCUT2D eigenvalue weighted by atomic mass is 9.98. The third-order valence-corrected chi connectivity index (χ3v) is 6.59. The smallest absolute Gasteiger partial charge is 0.272 e. The Morgan fingerprint density at radius 3 is 2.38 bits per heavy atom. The molecule has 10 heteroatoms. The van der Waals surface area contributed by atoms with Gasteiger partial charge in [0.05, 0.1) is 22.8 Å². The van der Waals surface area contributed by atoms with Gasteiger partial charge in [-0.2, -0.15) is 0 Å². The van der Waals surface area contributed by atoms with Gasteiger partial charge in [0.1, 0.15) is 17.6 Å². The van der Waals surface area contributed by atoms with Crippen molar-refractivity contribution in [1.82, 2.24) is 25.6 Å². The van der Waals surface area contributed by atoms with Gasteiger partial charge in [-0.1, -0.05) is 66.7 Å². The maximum atomic E-state index is 13.5. The number of amides is 3. The number of carbonyl (C=O) groups excluding carboxylic acids is 3. The largest absolute Gasteiger partial charge is 0.482 e. The molecule has 4 N–H and O–H groups in total. The van der Waals surface area contributed by atoms with Crippen molar-refractivity contribution in [2.24, 2.45) is 0 Å². The normalized spacial score (nSPS) is 12.4. The molecule has 198 valence electrons. The van der Waals surface area contributed by atoms with Gasteiger partial charge in [-0.15, -0.1) is 0 Å². The van der Waals surface area contributed by atoms with E-state index in [-0.39, 0.29) is 36.7 Å². The van der Waals surface area contributed by atoms with Crippen LogP contribution in [0.1, 0.15) is 43.6 Å². The fourth-order valence-electron chi connectivity index (χ4n) is 4.65. The van der Waals surface area contributed by atoms with Crippen LogP contribution in [0, 0.1) is 0 Å². The molecule has 0 radical (unpaired) electrons. The molecule has 40 heavy (non-hydrogen) atoms. The molecule has 0 atom stereocenters. The van der Waals surface area contributed by atoms with Crippen molar-refractivity contribution < 1.29 is 19.1 Å². The fraction of sp³-hybridized carbons (Fsp3) is 0.100. The minimum absolute atomic E-state index is 0.0257. The molecule has 1 aliphatic rings. The molecular weight excluding hydrogens is 508 g/mol. The zero-order chi connectivity index (χ0) is 27.5. The molecular formula is C30H24N6O4. The van der Waals surface area contributed by atoms with Gasteiger partial charge < -0.3 is 25.7 Å². The monoisotopic (exact) mass is 532 g/mol. The lowest BCUT2D eigenvalue weighted by Crippen LogP contribution is -2.29. The molecule has 0 saturated carbocycles. The van der Waals surface area contributed by atoms with Crippen LogP contribution in [-0.2, 0) is 11.3 Å². The topological polar surface area (TPSA) is 138 Å². The average Bonchev–Trinajstić information content (AvgIpc) is 3.44. The van der Waals surface area contributed by atoms with Gasteiger partial charge in [-0.3, -0.25) is 14.4 Å². The highest BCUT2D eigenvalue weighted by Crippen LogP contribution is 2.28. The Kier molecular flexibility index (Phi) is 6.63. The van der Waals surface area contributed by atoms with Crippen molar-refractivity contribution in [2.45, 2.75) is 12.6 Å².